The Labute approximate surface area is 235 Å². The Kier molecular flexibility index (Phi) is 10.7. The van der Waals surface area contributed by atoms with Crippen molar-refractivity contribution in [3.05, 3.63) is 47.6 Å². The third-order valence-corrected chi connectivity index (χ3v) is 9.27. The summed E-state index contributed by atoms with van der Waals surface area (Å²) >= 11 is 0. The minimum atomic E-state index is -0.966. The van der Waals surface area contributed by atoms with Gasteiger partial charge in [0.1, 0.15) is 12.2 Å². The molecule has 3 aliphatic heterocycles. The van der Waals surface area contributed by atoms with E-state index in [1.54, 1.807) is 0 Å². The van der Waals surface area contributed by atoms with Gasteiger partial charge in [0.05, 0.1) is 30.8 Å². The first kappa shape index (κ1) is 30.2. The summed E-state index contributed by atoms with van der Waals surface area (Å²) in [6, 6.07) is 0. The molecule has 4 aliphatic rings. The van der Waals surface area contributed by atoms with Crippen LogP contribution in [0.5, 0.6) is 0 Å². The molecule has 10 atom stereocenters. The van der Waals surface area contributed by atoms with E-state index in [0.717, 1.165) is 38.8 Å². The Balaban J connectivity index is 1.28. The van der Waals surface area contributed by atoms with Crippen LogP contribution in [0.4, 0.5) is 0 Å². The van der Waals surface area contributed by atoms with Crippen LogP contribution in [0.3, 0.4) is 0 Å². The topological polar surface area (TPSA) is 79.2 Å². The average molecular weight is 542 g/mol. The molecular weight excluding hydrogens is 490 g/mol. The number of allylic oxidation sites excluding steroid dienone is 4. The monoisotopic (exact) mass is 541 g/mol. The second-order valence-corrected chi connectivity index (χ2v) is 12.4. The summed E-state index contributed by atoms with van der Waals surface area (Å²) in [4.78, 5) is 14.6. The van der Waals surface area contributed by atoms with E-state index < -0.39 is 18.3 Å². The van der Waals surface area contributed by atoms with Crippen LogP contribution >= 0.6 is 0 Å². The standard InChI is InChI=1S/C33H51NO5/c1-6-29-22(3)11-14-30(39-29)23(4)18-21(2)10-12-26-24(5)27(26)13-15-31-33(37)28(35)19-25(38-31)20-32(36)34-16-8-7-9-17-34/h10-13,15,18,21,24-31,33,35,37H,6-9,14,16-17,19-20H2,1-5H3/b12-10+,15-13+,23-18+/t21-,24-,25+,26+,27+,28+,29-,30-,31+,33-/m1/s1. The number of amides is 1. The van der Waals surface area contributed by atoms with Gasteiger partial charge in [0, 0.05) is 19.5 Å². The lowest BCUT2D eigenvalue weighted by molar-refractivity contribution is -0.161. The lowest BCUT2D eigenvalue weighted by Gasteiger charge is -2.37. The molecule has 2 N–H and O–H groups in total. The Morgan fingerprint density at radius 2 is 1.85 bits per heavy atom. The van der Waals surface area contributed by atoms with E-state index >= 15 is 0 Å². The minimum Gasteiger partial charge on any atom is -0.390 e. The molecule has 6 nitrogen and oxygen atoms in total. The second-order valence-electron chi connectivity index (χ2n) is 12.4. The zero-order chi connectivity index (χ0) is 28.1. The van der Waals surface area contributed by atoms with Crippen LogP contribution in [0, 0.1) is 23.7 Å². The van der Waals surface area contributed by atoms with Gasteiger partial charge in [0.2, 0.25) is 5.91 Å². The lowest BCUT2D eigenvalue weighted by atomic mass is 9.95. The first-order valence-electron chi connectivity index (χ1n) is 15.3. The molecule has 0 radical (unpaired) electrons. The van der Waals surface area contributed by atoms with Crippen LogP contribution in [0.25, 0.3) is 0 Å². The molecule has 0 aromatic rings. The fourth-order valence-electron chi connectivity index (χ4n) is 6.49. The normalized spacial score (nSPS) is 38.7. The van der Waals surface area contributed by atoms with Crippen molar-refractivity contribution < 1.29 is 24.5 Å². The maximum atomic E-state index is 12.7. The van der Waals surface area contributed by atoms with Gasteiger partial charge in [-0.1, -0.05) is 57.2 Å². The van der Waals surface area contributed by atoms with Gasteiger partial charge in [-0.2, -0.15) is 0 Å². The molecule has 0 spiro atoms. The Hall–Kier alpha value is -1.73. The number of ether oxygens (including phenoxy) is 2. The highest BCUT2D eigenvalue weighted by Crippen LogP contribution is 2.48. The molecule has 1 amide bonds. The molecule has 4 rings (SSSR count). The average Bonchev–Trinajstić information content (AvgIpc) is 3.56. The predicted octanol–water partition coefficient (Wildman–Crippen LogP) is 5.36. The second kappa shape index (κ2) is 13.8. The van der Waals surface area contributed by atoms with Crippen LogP contribution in [0.2, 0.25) is 0 Å². The quantitative estimate of drug-likeness (QED) is 0.384. The van der Waals surface area contributed by atoms with Crippen molar-refractivity contribution >= 4 is 5.91 Å². The molecular formula is C33H51NO5. The molecule has 0 bridgehead atoms. The van der Waals surface area contributed by atoms with Crippen molar-refractivity contribution in [3.63, 3.8) is 0 Å². The van der Waals surface area contributed by atoms with Crippen molar-refractivity contribution in [3.8, 4) is 0 Å². The molecule has 39 heavy (non-hydrogen) atoms. The number of carbonyl (C=O) groups excluding carboxylic acids is 1. The largest absolute Gasteiger partial charge is 0.390 e. The molecule has 1 saturated carbocycles. The predicted molar refractivity (Wildman–Crippen MR) is 155 cm³/mol. The first-order valence-corrected chi connectivity index (χ1v) is 15.3. The van der Waals surface area contributed by atoms with E-state index in [1.807, 2.05) is 11.0 Å². The summed E-state index contributed by atoms with van der Waals surface area (Å²) in [5.74, 6) is 1.80. The zero-order valence-corrected chi connectivity index (χ0v) is 24.7. The van der Waals surface area contributed by atoms with Crippen LogP contribution in [0.1, 0.15) is 79.6 Å². The number of rotatable bonds is 9. The Morgan fingerprint density at radius 1 is 1.13 bits per heavy atom. The van der Waals surface area contributed by atoms with Crippen molar-refractivity contribution in [1.82, 2.24) is 4.90 Å². The smallest absolute Gasteiger partial charge is 0.225 e. The van der Waals surface area contributed by atoms with Crippen molar-refractivity contribution in [2.45, 2.75) is 116 Å². The number of piperidine rings is 1. The molecule has 0 aromatic heterocycles. The van der Waals surface area contributed by atoms with Crippen molar-refractivity contribution in [1.29, 1.82) is 0 Å². The maximum Gasteiger partial charge on any atom is 0.225 e. The third kappa shape index (κ3) is 7.93. The Morgan fingerprint density at radius 3 is 2.56 bits per heavy atom. The van der Waals surface area contributed by atoms with Gasteiger partial charge in [0.25, 0.3) is 0 Å². The summed E-state index contributed by atoms with van der Waals surface area (Å²) in [7, 11) is 0. The molecule has 218 valence electrons. The summed E-state index contributed by atoms with van der Waals surface area (Å²) in [6.45, 7) is 12.6. The molecule has 3 heterocycles. The van der Waals surface area contributed by atoms with Crippen molar-refractivity contribution in [2.24, 2.45) is 23.7 Å². The number of nitrogens with zero attached hydrogens (tertiary/aromatic N) is 1. The molecule has 6 heteroatoms. The number of carbonyl (C=O) groups is 1. The molecule has 2 saturated heterocycles. The number of hydrogen-bond acceptors (Lipinski definition) is 5. The van der Waals surface area contributed by atoms with E-state index in [4.69, 9.17) is 9.47 Å². The molecule has 0 aromatic carbocycles. The van der Waals surface area contributed by atoms with Gasteiger partial charge in [0.15, 0.2) is 0 Å². The summed E-state index contributed by atoms with van der Waals surface area (Å²) in [5, 5.41) is 21.0. The molecule has 1 aliphatic carbocycles. The number of aliphatic hydroxyl groups excluding tert-OH is 2. The maximum absolute atomic E-state index is 12.7. The van der Waals surface area contributed by atoms with E-state index in [0.29, 0.717) is 30.1 Å². The van der Waals surface area contributed by atoms with Gasteiger partial charge in [-0.3, -0.25) is 4.79 Å². The van der Waals surface area contributed by atoms with Gasteiger partial charge in [-0.25, -0.2) is 0 Å². The van der Waals surface area contributed by atoms with Gasteiger partial charge in [-0.05, 0) is 80.8 Å². The molecule has 0 unspecified atom stereocenters. The number of hydrogen-bond donors (Lipinski definition) is 2. The highest BCUT2D eigenvalue weighted by molar-refractivity contribution is 5.76. The van der Waals surface area contributed by atoms with Crippen molar-refractivity contribution in [2.75, 3.05) is 13.1 Å². The number of aliphatic hydroxyl groups is 2. The van der Waals surface area contributed by atoms with Crippen LogP contribution in [0.15, 0.2) is 47.6 Å². The van der Waals surface area contributed by atoms with Crippen LogP contribution in [-0.4, -0.2) is 70.7 Å². The summed E-state index contributed by atoms with van der Waals surface area (Å²) in [6.07, 6.45) is 16.7. The zero-order valence-electron chi connectivity index (χ0n) is 24.7. The molecule has 3 fully saturated rings. The van der Waals surface area contributed by atoms with E-state index in [2.05, 4.69) is 65.0 Å². The summed E-state index contributed by atoms with van der Waals surface area (Å²) in [5.41, 5.74) is 2.64. The van der Waals surface area contributed by atoms with E-state index in [-0.39, 0.29) is 30.6 Å². The van der Waals surface area contributed by atoms with Gasteiger partial charge < -0.3 is 24.6 Å². The third-order valence-electron chi connectivity index (χ3n) is 9.27. The van der Waals surface area contributed by atoms with Gasteiger partial charge >= 0.3 is 0 Å². The number of likely N-dealkylation sites (tertiary alicyclic amines) is 1. The van der Waals surface area contributed by atoms with E-state index in [9.17, 15) is 15.0 Å². The summed E-state index contributed by atoms with van der Waals surface area (Å²) < 4.78 is 12.4. The van der Waals surface area contributed by atoms with E-state index in [1.165, 1.54) is 17.6 Å². The highest BCUT2D eigenvalue weighted by Gasteiger charge is 2.43. The van der Waals surface area contributed by atoms with Gasteiger partial charge in [-0.15, -0.1) is 0 Å². The fraction of sp³-hybridized carbons (Fsp3) is 0.727. The SMILES string of the molecule is CC[C@H]1O[C@@H](/C(C)=C/[C@H](C)/C=C/[C@H]2[C@@H](C)[C@@H]2/C=C/[C@@H]2O[C@H](CC(=O)N3CCCCC3)C[C@H](O)[C@H]2O)CC=C1C. The minimum absolute atomic E-state index is 0.0947. The lowest BCUT2D eigenvalue weighted by Crippen LogP contribution is -2.49. The first-order chi connectivity index (χ1) is 18.7. The highest BCUT2D eigenvalue weighted by atomic mass is 16.5. The van der Waals surface area contributed by atoms with Crippen LogP contribution < -0.4 is 0 Å². The Bertz CT molecular complexity index is 948. The fourth-order valence-corrected chi connectivity index (χ4v) is 6.49. The van der Waals surface area contributed by atoms with Crippen LogP contribution in [-0.2, 0) is 14.3 Å².